The molecule has 3 aromatic rings. The number of carbonyl (C=O) groups is 2. The van der Waals surface area contributed by atoms with E-state index in [2.05, 4.69) is 5.32 Å². The number of nitrogens with one attached hydrogen (secondary N) is 1. The second kappa shape index (κ2) is 9.23. The fourth-order valence-corrected chi connectivity index (χ4v) is 4.39. The molecule has 1 heterocycles. The van der Waals surface area contributed by atoms with Crippen molar-refractivity contribution in [2.24, 2.45) is 0 Å². The molecule has 0 bridgehead atoms. The van der Waals surface area contributed by atoms with Crippen molar-refractivity contribution >= 4 is 29.3 Å². The first-order valence-corrected chi connectivity index (χ1v) is 11.0. The minimum absolute atomic E-state index is 0.158. The third-order valence-electron chi connectivity index (χ3n) is 5.14. The van der Waals surface area contributed by atoms with Crippen molar-refractivity contribution in [3.05, 3.63) is 106 Å². The smallest absolute Gasteiger partial charge is 0.265 e. The first-order valence-electron chi connectivity index (χ1n) is 10.2. The number of para-hydroxylation sites is 1. The molecule has 0 fully saturated rings. The highest BCUT2D eigenvalue weighted by atomic mass is 32.2. The summed E-state index contributed by atoms with van der Waals surface area (Å²) >= 11 is 1.34. The van der Waals surface area contributed by atoms with Crippen molar-refractivity contribution in [2.75, 3.05) is 4.90 Å². The van der Waals surface area contributed by atoms with Crippen LogP contribution in [-0.4, -0.2) is 11.8 Å². The molecule has 4 rings (SSSR count). The molecular formula is C26H24N2O2S. The molecule has 4 nitrogen and oxygen atoms in total. The summed E-state index contributed by atoms with van der Waals surface area (Å²) in [4.78, 5) is 28.9. The molecule has 3 aromatic carbocycles. The Kier molecular flexibility index (Phi) is 6.23. The van der Waals surface area contributed by atoms with Crippen LogP contribution in [0.1, 0.15) is 22.3 Å². The van der Waals surface area contributed by atoms with E-state index in [1.54, 1.807) is 4.90 Å². The number of fused-ring (bicyclic) bond motifs is 1. The Bertz CT molecular complexity index is 1130. The maximum absolute atomic E-state index is 13.3. The predicted octanol–water partition coefficient (Wildman–Crippen LogP) is 5.14. The minimum atomic E-state index is -0.272. The summed E-state index contributed by atoms with van der Waals surface area (Å²) in [7, 11) is 0. The molecule has 1 aliphatic heterocycles. The summed E-state index contributed by atoms with van der Waals surface area (Å²) in [5.74, 6) is -0.430. The number of hydrogen-bond acceptors (Lipinski definition) is 3. The topological polar surface area (TPSA) is 49.4 Å². The predicted molar refractivity (Wildman–Crippen MR) is 126 cm³/mol. The molecule has 0 spiro atoms. The average Bonchev–Trinajstić information content (AvgIpc) is 2.77. The van der Waals surface area contributed by atoms with Gasteiger partial charge in [-0.25, -0.2) is 0 Å². The molecule has 2 amide bonds. The SMILES string of the molecule is Cc1ccc(CNC(=O)C=C2Sc3ccccc3N(Cc3ccc(C)cc3)C2=O)cc1. The molecule has 1 aliphatic rings. The maximum Gasteiger partial charge on any atom is 0.265 e. The molecule has 0 aliphatic carbocycles. The van der Waals surface area contributed by atoms with Crippen molar-refractivity contribution in [3.8, 4) is 0 Å². The summed E-state index contributed by atoms with van der Waals surface area (Å²) in [6.45, 7) is 4.95. The van der Waals surface area contributed by atoms with Gasteiger partial charge in [0, 0.05) is 17.5 Å². The quantitative estimate of drug-likeness (QED) is 0.572. The van der Waals surface area contributed by atoms with Crippen LogP contribution in [0.2, 0.25) is 0 Å². The van der Waals surface area contributed by atoms with Crippen LogP contribution in [0.25, 0.3) is 0 Å². The highest BCUT2D eigenvalue weighted by Crippen LogP contribution is 2.41. The molecule has 0 aromatic heterocycles. The molecule has 31 heavy (non-hydrogen) atoms. The normalized spacial score (nSPS) is 14.5. The summed E-state index contributed by atoms with van der Waals surface area (Å²) in [6.07, 6.45) is 1.42. The van der Waals surface area contributed by atoms with E-state index in [-0.39, 0.29) is 11.8 Å². The van der Waals surface area contributed by atoms with E-state index in [9.17, 15) is 9.59 Å². The third-order valence-corrected chi connectivity index (χ3v) is 6.22. The lowest BCUT2D eigenvalue weighted by molar-refractivity contribution is -0.118. The average molecular weight is 429 g/mol. The highest BCUT2D eigenvalue weighted by Gasteiger charge is 2.29. The van der Waals surface area contributed by atoms with Crippen LogP contribution in [0.5, 0.6) is 0 Å². The molecule has 0 saturated carbocycles. The zero-order valence-corrected chi connectivity index (χ0v) is 18.4. The second-order valence-corrected chi connectivity index (χ2v) is 8.74. The third kappa shape index (κ3) is 5.06. The number of amides is 2. The van der Waals surface area contributed by atoms with Crippen LogP contribution in [0.4, 0.5) is 5.69 Å². The van der Waals surface area contributed by atoms with Crippen molar-refractivity contribution in [1.29, 1.82) is 0 Å². The second-order valence-electron chi connectivity index (χ2n) is 7.66. The number of rotatable bonds is 5. The van der Waals surface area contributed by atoms with Gasteiger partial charge in [0.25, 0.3) is 5.91 Å². The van der Waals surface area contributed by atoms with Crippen molar-refractivity contribution in [3.63, 3.8) is 0 Å². The Labute approximate surface area is 187 Å². The van der Waals surface area contributed by atoms with Gasteiger partial charge in [0.1, 0.15) is 0 Å². The number of anilines is 1. The lowest BCUT2D eigenvalue weighted by atomic mass is 10.1. The van der Waals surface area contributed by atoms with Crippen molar-refractivity contribution in [2.45, 2.75) is 31.8 Å². The van der Waals surface area contributed by atoms with Gasteiger partial charge in [0.15, 0.2) is 0 Å². The van der Waals surface area contributed by atoms with Crippen LogP contribution in [0.15, 0.2) is 88.7 Å². The van der Waals surface area contributed by atoms with Crippen LogP contribution >= 0.6 is 11.8 Å². The van der Waals surface area contributed by atoms with Gasteiger partial charge in [-0.1, -0.05) is 83.6 Å². The summed E-state index contributed by atoms with van der Waals surface area (Å²) in [5.41, 5.74) is 5.29. The maximum atomic E-state index is 13.3. The Hall–Kier alpha value is -3.31. The molecule has 0 radical (unpaired) electrons. The molecule has 1 N–H and O–H groups in total. The van der Waals surface area contributed by atoms with Gasteiger partial charge in [-0.2, -0.15) is 0 Å². The molecule has 0 unspecified atom stereocenters. The minimum Gasteiger partial charge on any atom is -0.348 e. The van der Waals surface area contributed by atoms with E-state index in [1.165, 1.54) is 29.0 Å². The lowest BCUT2D eigenvalue weighted by Gasteiger charge is -2.30. The van der Waals surface area contributed by atoms with Gasteiger partial charge in [-0.15, -0.1) is 0 Å². The number of carbonyl (C=O) groups excluding carboxylic acids is 2. The zero-order chi connectivity index (χ0) is 21.8. The molecule has 0 atom stereocenters. The van der Waals surface area contributed by atoms with E-state index in [1.807, 2.05) is 86.6 Å². The fraction of sp³-hybridized carbons (Fsp3) is 0.154. The van der Waals surface area contributed by atoms with E-state index in [0.29, 0.717) is 18.0 Å². The number of thioether (sulfide) groups is 1. The van der Waals surface area contributed by atoms with E-state index in [0.717, 1.165) is 21.7 Å². The molecular weight excluding hydrogens is 404 g/mol. The number of nitrogens with zero attached hydrogens (tertiary/aromatic N) is 1. The van der Waals surface area contributed by atoms with Gasteiger partial charge in [-0.05, 0) is 37.1 Å². The van der Waals surface area contributed by atoms with E-state index >= 15 is 0 Å². The van der Waals surface area contributed by atoms with Gasteiger partial charge in [-0.3, -0.25) is 9.59 Å². The van der Waals surface area contributed by atoms with Crippen molar-refractivity contribution < 1.29 is 9.59 Å². The Morgan fingerprint density at radius 3 is 2.19 bits per heavy atom. The Morgan fingerprint density at radius 2 is 1.52 bits per heavy atom. The van der Waals surface area contributed by atoms with Gasteiger partial charge in [0.05, 0.1) is 17.1 Å². The lowest BCUT2D eigenvalue weighted by Crippen LogP contribution is -2.34. The Morgan fingerprint density at radius 1 is 0.903 bits per heavy atom. The summed E-state index contributed by atoms with van der Waals surface area (Å²) in [5, 5.41) is 2.88. The van der Waals surface area contributed by atoms with Crippen molar-refractivity contribution in [1.82, 2.24) is 5.32 Å². The number of aryl methyl sites for hydroxylation is 2. The van der Waals surface area contributed by atoms with E-state index in [4.69, 9.17) is 0 Å². The Balaban J connectivity index is 1.54. The monoisotopic (exact) mass is 428 g/mol. The van der Waals surface area contributed by atoms with Crippen LogP contribution in [0.3, 0.4) is 0 Å². The standard InChI is InChI=1S/C26H24N2O2S/c1-18-7-11-20(12-8-18)16-27-25(29)15-24-26(30)28(17-21-13-9-19(2)10-14-21)22-5-3-4-6-23(22)31-24/h3-15H,16-17H2,1-2H3,(H,27,29). The molecule has 5 heteroatoms. The van der Waals surface area contributed by atoms with Crippen LogP contribution in [0, 0.1) is 13.8 Å². The van der Waals surface area contributed by atoms with Gasteiger partial charge >= 0.3 is 0 Å². The van der Waals surface area contributed by atoms with Gasteiger partial charge in [0.2, 0.25) is 5.91 Å². The summed E-state index contributed by atoms with van der Waals surface area (Å²) in [6, 6.07) is 24.0. The summed E-state index contributed by atoms with van der Waals surface area (Å²) < 4.78 is 0. The van der Waals surface area contributed by atoms with Crippen LogP contribution < -0.4 is 10.2 Å². The first kappa shape index (κ1) is 20.9. The zero-order valence-electron chi connectivity index (χ0n) is 17.6. The van der Waals surface area contributed by atoms with E-state index < -0.39 is 0 Å². The first-order chi connectivity index (χ1) is 15.0. The van der Waals surface area contributed by atoms with Crippen LogP contribution in [-0.2, 0) is 22.7 Å². The largest absolute Gasteiger partial charge is 0.348 e. The molecule has 156 valence electrons. The molecule has 0 saturated heterocycles. The number of benzene rings is 3. The highest BCUT2D eigenvalue weighted by molar-refractivity contribution is 8.04. The fourth-order valence-electron chi connectivity index (χ4n) is 3.36. The van der Waals surface area contributed by atoms with Gasteiger partial charge < -0.3 is 10.2 Å². The number of hydrogen-bond donors (Lipinski definition) is 1.